The fourth-order valence-corrected chi connectivity index (χ4v) is 3.39. The van der Waals surface area contributed by atoms with Crippen LogP contribution >= 0.6 is 0 Å². The molecule has 0 spiro atoms. The van der Waals surface area contributed by atoms with E-state index in [0.717, 1.165) is 0 Å². The third kappa shape index (κ3) is 5.51. The van der Waals surface area contributed by atoms with Gasteiger partial charge < -0.3 is 25.3 Å². The first-order valence-electron chi connectivity index (χ1n) is 9.61. The molecular weight excluding hydrogens is 417 g/mol. The van der Waals surface area contributed by atoms with Crippen LogP contribution in [0.3, 0.4) is 0 Å². The van der Waals surface area contributed by atoms with Crippen LogP contribution in [0.4, 0.5) is 19.0 Å². The summed E-state index contributed by atoms with van der Waals surface area (Å²) in [6.45, 7) is 3.85. The Hall–Kier alpha value is -3.15. The molecular formula is C19H23F3N6O3. The number of nitrogens with one attached hydrogen (secondary N) is 3. The molecule has 1 aliphatic heterocycles. The standard InChI is InChI=1S/C19H23F3N6O3/c1-3-15(29)28-7-4-12(13(10-28)31-2)26-14-9-25-17-16(27-14)11(8-24-17)18(30)23-6-5-19(20,21)22/h3,8-9,12-13H,1,4-7,10H2,2H3,(H,23,30)(H,24,25)(H,26,27)/t12?,13-/m1/s1. The molecule has 2 aromatic rings. The summed E-state index contributed by atoms with van der Waals surface area (Å²) in [5, 5.41) is 5.45. The number of nitrogens with zero attached hydrogens (tertiary/aromatic N) is 3. The van der Waals surface area contributed by atoms with Gasteiger partial charge in [-0.25, -0.2) is 9.97 Å². The van der Waals surface area contributed by atoms with Crippen molar-refractivity contribution >= 4 is 28.8 Å². The molecule has 0 bridgehead atoms. The smallest absolute Gasteiger partial charge is 0.377 e. The lowest BCUT2D eigenvalue weighted by atomic mass is 10.0. The number of anilines is 1. The molecule has 3 heterocycles. The molecule has 1 fully saturated rings. The van der Waals surface area contributed by atoms with E-state index in [9.17, 15) is 22.8 Å². The lowest BCUT2D eigenvalue weighted by Gasteiger charge is -2.37. The van der Waals surface area contributed by atoms with Crippen molar-refractivity contribution in [3.63, 3.8) is 0 Å². The van der Waals surface area contributed by atoms with E-state index in [-0.39, 0.29) is 29.1 Å². The predicted molar refractivity (Wildman–Crippen MR) is 106 cm³/mol. The zero-order valence-corrected chi connectivity index (χ0v) is 16.8. The van der Waals surface area contributed by atoms with Gasteiger partial charge in [0, 0.05) is 32.9 Å². The SMILES string of the molecule is C=CC(=O)N1CCC(Nc2cnc3[nH]cc(C(=O)NCCC(F)(F)F)c3n2)[C@H](OC)C1. The van der Waals surface area contributed by atoms with Gasteiger partial charge in [0.2, 0.25) is 5.91 Å². The molecule has 12 heteroatoms. The van der Waals surface area contributed by atoms with Crippen molar-refractivity contribution in [3.8, 4) is 0 Å². The zero-order valence-electron chi connectivity index (χ0n) is 16.8. The summed E-state index contributed by atoms with van der Waals surface area (Å²) in [7, 11) is 1.55. The van der Waals surface area contributed by atoms with Crippen LogP contribution in [0.5, 0.6) is 0 Å². The Labute approximate surface area is 176 Å². The third-order valence-electron chi connectivity index (χ3n) is 5.00. The normalized spacial score (nSPS) is 19.3. The molecule has 3 N–H and O–H groups in total. The zero-order chi connectivity index (χ0) is 22.6. The van der Waals surface area contributed by atoms with Crippen LogP contribution in [-0.2, 0) is 9.53 Å². The van der Waals surface area contributed by atoms with Gasteiger partial charge >= 0.3 is 6.18 Å². The van der Waals surface area contributed by atoms with Crippen molar-refractivity contribution in [2.45, 2.75) is 31.2 Å². The number of fused-ring (bicyclic) bond motifs is 1. The highest BCUT2D eigenvalue weighted by molar-refractivity contribution is 6.04. The minimum Gasteiger partial charge on any atom is -0.377 e. The van der Waals surface area contributed by atoms with E-state index in [1.165, 1.54) is 18.5 Å². The highest BCUT2D eigenvalue weighted by Crippen LogP contribution is 2.22. The van der Waals surface area contributed by atoms with Gasteiger partial charge in [-0.05, 0) is 12.5 Å². The Kier molecular flexibility index (Phi) is 6.78. The van der Waals surface area contributed by atoms with Gasteiger partial charge in [-0.3, -0.25) is 9.59 Å². The second kappa shape index (κ2) is 9.33. The predicted octanol–water partition coefficient (Wildman–Crippen LogP) is 1.85. The number of halogens is 3. The number of carbonyl (C=O) groups excluding carboxylic acids is 2. The maximum atomic E-state index is 12.3. The van der Waals surface area contributed by atoms with Crippen LogP contribution in [0.25, 0.3) is 11.2 Å². The number of carbonyl (C=O) groups is 2. The number of hydrogen-bond donors (Lipinski definition) is 3. The lowest BCUT2D eigenvalue weighted by molar-refractivity contribution is -0.133. The number of ether oxygens (including phenoxy) is 1. The molecule has 3 rings (SSSR count). The van der Waals surface area contributed by atoms with Gasteiger partial charge in [0.15, 0.2) is 5.65 Å². The largest absolute Gasteiger partial charge is 0.390 e. The minimum atomic E-state index is -4.35. The summed E-state index contributed by atoms with van der Waals surface area (Å²) in [4.78, 5) is 37.2. The van der Waals surface area contributed by atoms with E-state index in [0.29, 0.717) is 31.0 Å². The van der Waals surface area contributed by atoms with E-state index in [1.807, 2.05) is 0 Å². The number of aromatic nitrogens is 3. The molecule has 1 aliphatic rings. The van der Waals surface area contributed by atoms with Crippen molar-refractivity contribution in [2.24, 2.45) is 0 Å². The Balaban J connectivity index is 1.71. The average molecular weight is 440 g/mol. The molecule has 0 saturated carbocycles. The second-order valence-corrected chi connectivity index (χ2v) is 7.08. The number of aromatic amines is 1. The monoisotopic (exact) mass is 440 g/mol. The van der Waals surface area contributed by atoms with E-state index in [1.54, 1.807) is 12.0 Å². The third-order valence-corrected chi connectivity index (χ3v) is 5.00. The fraction of sp³-hybridized carbons (Fsp3) is 0.474. The Morgan fingerprint density at radius 1 is 1.45 bits per heavy atom. The summed E-state index contributed by atoms with van der Waals surface area (Å²) in [5.41, 5.74) is 0.673. The maximum absolute atomic E-state index is 12.3. The summed E-state index contributed by atoms with van der Waals surface area (Å²) >= 11 is 0. The number of hydrogen-bond acceptors (Lipinski definition) is 6. The molecule has 9 nitrogen and oxygen atoms in total. The van der Waals surface area contributed by atoms with Gasteiger partial charge in [0.25, 0.3) is 5.91 Å². The van der Waals surface area contributed by atoms with Gasteiger partial charge in [-0.2, -0.15) is 13.2 Å². The molecule has 31 heavy (non-hydrogen) atoms. The molecule has 1 unspecified atom stereocenters. The fourth-order valence-electron chi connectivity index (χ4n) is 3.39. The molecule has 0 radical (unpaired) electrons. The number of methoxy groups -OCH3 is 1. The number of H-pyrrole nitrogens is 1. The molecule has 2 atom stereocenters. The van der Waals surface area contributed by atoms with E-state index in [2.05, 4.69) is 32.2 Å². The van der Waals surface area contributed by atoms with Crippen molar-refractivity contribution in [1.29, 1.82) is 0 Å². The Morgan fingerprint density at radius 2 is 2.23 bits per heavy atom. The molecule has 168 valence electrons. The van der Waals surface area contributed by atoms with E-state index >= 15 is 0 Å². The average Bonchev–Trinajstić information content (AvgIpc) is 3.15. The number of alkyl halides is 3. The first-order chi connectivity index (χ1) is 14.7. The van der Waals surface area contributed by atoms with Crippen molar-refractivity contribution in [3.05, 3.63) is 30.6 Å². The molecule has 0 aromatic carbocycles. The summed E-state index contributed by atoms with van der Waals surface area (Å²) in [6, 6.07) is -0.159. The second-order valence-electron chi connectivity index (χ2n) is 7.08. The first-order valence-corrected chi connectivity index (χ1v) is 9.61. The molecule has 0 aliphatic carbocycles. The number of likely N-dealkylation sites (tertiary alicyclic amines) is 1. The highest BCUT2D eigenvalue weighted by Gasteiger charge is 2.31. The quantitative estimate of drug-likeness (QED) is 0.567. The van der Waals surface area contributed by atoms with E-state index < -0.39 is 25.0 Å². The topological polar surface area (TPSA) is 112 Å². The Bertz CT molecular complexity index is 961. The summed E-state index contributed by atoms with van der Waals surface area (Å²) in [6.07, 6.45) is -1.08. The van der Waals surface area contributed by atoms with Crippen LogP contribution in [0.2, 0.25) is 0 Å². The summed E-state index contributed by atoms with van der Waals surface area (Å²) < 4.78 is 42.4. The van der Waals surface area contributed by atoms with Crippen LogP contribution < -0.4 is 10.6 Å². The van der Waals surface area contributed by atoms with Gasteiger partial charge in [-0.1, -0.05) is 6.58 Å². The van der Waals surface area contributed by atoms with Gasteiger partial charge in [-0.15, -0.1) is 0 Å². The molecule has 1 saturated heterocycles. The molecule has 2 aromatic heterocycles. The number of amides is 2. The van der Waals surface area contributed by atoms with Crippen molar-refractivity contribution < 1.29 is 27.5 Å². The van der Waals surface area contributed by atoms with Crippen LogP contribution in [0.1, 0.15) is 23.2 Å². The van der Waals surface area contributed by atoms with Gasteiger partial charge in [0.05, 0.1) is 30.3 Å². The van der Waals surface area contributed by atoms with E-state index in [4.69, 9.17) is 4.74 Å². The van der Waals surface area contributed by atoms with Crippen LogP contribution in [0.15, 0.2) is 25.0 Å². The number of rotatable bonds is 7. The van der Waals surface area contributed by atoms with Crippen molar-refractivity contribution in [1.82, 2.24) is 25.2 Å². The van der Waals surface area contributed by atoms with Crippen LogP contribution in [-0.4, -0.2) is 76.7 Å². The lowest BCUT2D eigenvalue weighted by Crippen LogP contribution is -2.52. The van der Waals surface area contributed by atoms with Crippen LogP contribution in [0, 0.1) is 0 Å². The minimum absolute atomic E-state index is 0.100. The maximum Gasteiger partial charge on any atom is 0.390 e. The molecule has 2 amide bonds. The highest BCUT2D eigenvalue weighted by atomic mass is 19.4. The van der Waals surface area contributed by atoms with Gasteiger partial charge in [0.1, 0.15) is 11.3 Å². The summed E-state index contributed by atoms with van der Waals surface area (Å²) in [5.74, 6) is -0.463. The van der Waals surface area contributed by atoms with Crippen molar-refractivity contribution in [2.75, 3.05) is 32.1 Å². The number of piperidine rings is 1. The first kappa shape index (κ1) is 22.5. The Morgan fingerprint density at radius 3 is 2.90 bits per heavy atom.